The largest absolute Gasteiger partial charge is 0.454 e. The van der Waals surface area contributed by atoms with Crippen LogP contribution in [0.5, 0.6) is 11.5 Å². The Kier molecular flexibility index (Phi) is 5.31. The summed E-state index contributed by atoms with van der Waals surface area (Å²) in [4.78, 5) is 23.0. The highest BCUT2D eigenvalue weighted by Crippen LogP contribution is 2.35. The van der Waals surface area contributed by atoms with E-state index in [-0.39, 0.29) is 12.7 Å². The Balaban J connectivity index is 1.32. The molecule has 0 saturated carbocycles. The zero-order chi connectivity index (χ0) is 23.8. The van der Waals surface area contributed by atoms with Gasteiger partial charge in [0.2, 0.25) is 6.79 Å². The second-order valence-corrected chi connectivity index (χ2v) is 8.93. The van der Waals surface area contributed by atoms with E-state index < -0.39 is 0 Å². The minimum Gasteiger partial charge on any atom is -0.454 e. The van der Waals surface area contributed by atoms with Crippen LogP contribution in [0, 0.1) is 6.92 Å². The molecule has 0 fully saturated rings. The van der Waals surface area contributed by atoms with E-state index in [1.807, 2.05) is 67.6 Å². The first-order valence-corrected chi connectivity index (χ1v) is 11.7. The number of aromatic nitrogens is 4. The van der Waals surface area contributed by atoms with Gasteiger partial charge in [0.1, 0.15) is 5.03 Å². The van der Waals surface area contributed by atoms with Crippen LogP contribution in [-0.2, 0) is 0 Å². The maximum Gasteiger partial charge on any atom is 0.255 e. The molecule has 1 aliphatic heterocycles. The Labute approximate surface area is 204 Å². The van der Waals surface area contributed by atoms with Crippen LogP contribution in [0.15, 0.2) is 88.8 Å². The van der Waals surface area contributed by atoms with Gasteiger partial charge in [0.15, 0.2) is 17.3 Å². The number of amides is 1. The van der Waals surface area contributed by atoms with E-state index in [4.69, 9.17) is 14.6 Å². The van der Waals surface area contributed by atoms with Gasteiger partial charge in [0, 0.05) is 21.7 Å². The molecule has 0 saturated heterocycles. The predicted octanol–water partition coefficient (Wildman–Crippen LogP) is 5.23. The molecule has 0 unspecified atom stereocenters. The Morgan fingerprint density at radius 1 is 0.943 bits per heavy atom. The van der Waals surface area contributed by atoms with E-state index >= 15 is 0 Å². The first kappa shape index (κ1) is 21.2. The molecule has 2 aromatic heterocycles. The molecule has 3 aromatic carbocycles. The van der Waals surface area contributed by atoms with E-state index in [2.05, 4.69) is 15.3 Å². The van der Waals surface area contributed by atoms with Crippen molar-refractivity contribution in [2.75, 3.05) is 12.1 Å². The highest BCUT2D eigenvalue weighted by atomic mass is 32.2. The van der Waals surface area contributed by atoms with Gasteiger partial charge in [-0.15, -0.1) is 5.10 Å². The number of fused-ring (bicyclic) bond motifs is 2. The second kappa shape index (κ2) is 8.77. The lowest BCUT2D eigenvalue weighted by atomic mass is 10.2. The predicted molar refractivity (Wildman–Crippen MR) is 132 cm³/mol. The number of aryl methyl sites for hydroxylation is 1. The molecular formula is C26H19N5O3S. The molecule has 1 N–H and O–H groups in total. The second-order valence-electron chi connectivity index (χ2n) is 7.87. The van der Waals surface area contributed by atoms with E-state index in [0.717, 1.165) is 21.2 Å². The van der Waals surface area contributed by atoms with Crippen molar-refractivity contribution in [2.45, 2.75) is 16.8 Å². The molecule has 0 bridgehead atoms. The van der Waals surface area contributed by atoms with Crippen LogP contribution in [0.1, 0.15) is 16.1 Å². The van der Waals surface area contributed by atoms with E-state index in [9.17, 15) is 4.79 Å². The number of carbonyl (C=O) groups excluding carboxylic acids is 1. The fraction of sp³-hybridized carbons (Fsp3) is 0.0769. The fourth-order valence-electron chi connectivity index (χ4n) is 3.74. The van der Waals surface area contributed by atoms with Gasteiger partial charge in [-0.3, -0.25) is 4.79 Å². The number of rotatable bonds is 5. The van der Waals surface area contributed by atoms with Crippen molar-refractivity contribution < 1.29 is 14.3 Å². The topological polar surface area (TPSA) is 90.6 Å². The molecule has 0 aliphatic carbocycles. The highest BCUT2D eigenvalue weighted by molar-refractivity contribution is 7.99. The average Bonchev–Trinajstić information content (AvgIpc) is 3.52. The Bertz CT molecular complexity index is 1570. The van der Waals surface area contributed by atoms with Crippen molar-refractivity contribution in [3.8, 4) is 22.9 Å². The average molecular weight is 482 g/mol. The Morgan fingerprint density at radius 3 is 2.63 bits per heavy atom. The van der Waals surface area contributed by atoms with Crippen LogP contribution in [0.2, 0.25) is 0 Å². The summed E-state index contributed by atoms with van der Waals surface area (Å²) < 4.78 is 12.5. The number of ether oxygens (including phenoxy) is 2. The minimum absolute atomic E-state index is 0.161. The van der Waals surface area contributed by atoms with Crippen molar-refractivity contribution in [3.05, 3.63) is 90.1 Å². The Hall–Kier alpha value is -4.37. The zero-order valence-corrected chi connectivity index (χ0v) is 19.5. The number of nitrogens with zero attached hydrogens (tertiary/aromatic N) is 4. The van der Waals surface area contributed by atoms with Crippen molar-refractivity contribution in [1.29, 1.82) is 0 Å². The van der Waals surface area contributed by atoms with Gasteiger partial charge < -0.3 is 14.8 Å². The van der Waals surface area contributed by atoms with Gasteiger partial charge in [-0.05, 0) is 43.3 Å². The van der Waals surface area contributed by atoms with Crippen molar-refractivity contribution in [3.63, 3.8) is 0 Å². The van der Waals surface area contributed by atoms with Crippen molar-refractivity contribution >= 4 is 29.1 Å². The number of benzene rings is 3. The van der Waals surface area contributed by atoms with E-state index in [1.165, 1.54) is 11.8 Å². The molecule has 172 valence electrons. The molecule has 8 nitrogen and oxygen atoms in total. The SMILES string of the molecule is Cc1cc(Sc2ccccc2NC(=O)c2ccc3c(c2)OCO3)n2nc(-c3ccccc3)nc2n1. The van der Waals surface area contributed by atoms with Crippen LogP contribution in [0.4, 0.5) is 5.69 Å². The highest BCUT2D eigenvalue weighted by Gasteiger charge is 2.18. The van der Waals surface area contributed by atoms with Crippen molar-refractivity contribution in [2.24, 2.45) is 0 Å². The maximum absolute atomic E-state index is 13.0. The van der Waals surface area contributed by atoms with Crippen LogP contribution in [0.25, 0.3) is 17.2 Å². The molecule has 3 heterocycles. The van der Waals surface area contributed by atoms with E-state index in [1.54, 1.807) is 22.7 Å². The molecule has 35 heavy (non-hydrogen) atoms. The zero-order valence-electron chi connectivity index (χ0n) is 18.6. The van der Waals surface area contributed by atoms with Gasteiger partial charge in [-0.25, -0.2) is 4.98 Å². The summed E-state index contributed by atoms with van der Waals surface area (Å²) in [5.74, 6) is 2.09. The Morgan fingerprint density at radius 2 is 1.74 bits per heavy atom. The monoisotopic (exact) mass is 481 g/mol. The summed E-state index contributed by atoms with van der Waals surface area (Å²) in [7, 11) is 0. The molecular weight excluding hydrogens is 462 g/mol. The lowest BCUT2D eigenvalue weighted by Gasteiger charge is -2.12. The third-order valence-electron chi connectivity index (χ3n) is 5.42. The molecule has 6 rings (SSSR count). The summed E-state index contributed by atoms with van der Waals surface area (Å²) in [6.45, 7) is 2.09. The van der Waals surface area contributed by atoms with Gasteiger partial charge in [-0.1, -0.05) is 54.2 Å². The summed E-state index contributed by atoms with van der Waals surface area (Å²) in [6.07, 6.45) is 0. The smallest absolute Gasteiger partial charge is 0.255 e. The van der Waals surface area contributed by atoms with Gasteiger partial charge in [0.25, 0.3) is 11.7 Å². The first-order valence-electron chi connectivity index (χ1n) is 10.9. The number of hydrogen-bond donors (Lipinski definition) is 1. The number of anilines is 1. The number of carbonyl (C=O) groups is 1. The summed E-state index contributed by atoms with van der Waals surface area (Å²) in [5.41, 5.74) is 2.92. The minimum atomic E-state index is -0.237. The molecule has 0 spiro atoms. The lowest BCUT2D eigenvalue weighted by molar-refractivity contribution is 0.102. The molecule has 0 radical (unpaired) electrons. The molecule has 1 aliphatic rings. The molecule has 5 aromatic rings. The standard InChI is InChI=1S/C26H19N5O3S/c1-16-13-23(31-26(27-16)29-24(30-31)17-7-3-2-4-8-17)35-22-10-6-5-9-19(22)28-25(32)18-11-12-20-21(14-18)34-15-33-20/h2-14H,15H2,1H3,(H,28,32). The molecule has 0 atom stereocenters. The van der Waals surface area contributed by atoms with E-state index in [0.29, 0.717) is 34.4 Å². The summed E-state index contributed by atoms with van der Waals surface area (Å²) in [5, 5.41) is 8.56. The summed E-state index contributed by atoms with van der Waals surface area (Å²) in [6, 6.07) is 24.5. The number of nitrogens with one attached hydrogen (secondary N) is 1. The normalized spacial score (nSPS) is 12.1. The third-order valence-corrected chi connectivity index (χ3v) is 6.50. The number of para-hydroxylation sites is 1. The van der Waals surface area contributed by atoms with Gasteiger partial charge >= 0.3 is 0 Å². The van der Waals surface area contributed by atoms with Crippen LogP contribution in [-0.4, -0.2) is 32.3 Å². The van der Waals surface area contributed by atoms with Crippen LogP contribution >= 0.6 is 11.8 Å². The molecule has 9 heteroatoms. The van der Waals surface area contributed by atoms with Crippen LogP contribution < -0.4 is 14.8 Å². The lowest BCUT2D eigenvalue weighted by Crippen LogP contribution is -2.12. The first-order chi connectivity index (χ1) is 17.1. The quantitative estimate of drug-likeness (QED) is 0.344. The van der Waals surface area contributed by atoms with Crippen LogP contribution in [0.3, 0.4) is 0 Å². The molecule has 1 amide bonds. The third kappa shape index (κ3) is 4.17. The van der Waals surface area contributed by atoms with Gasteiger partial charge in [0.05, 0.1) is 5.69 Å². The van der Waals surface area contributed by atoms with Crippen molar-refractivity contribution in [1.82, 2.24) is 19.6 Å². The summed E-state index contributed by atoms with van der Waals surface area (Å²) >= 11 is 1.48. The maximum atomic E-state index is 13.0. The fourth-order valence-corrected chi connectivity index (χ4v) is 4.78. The number of hydrogen-bond acceptors (Lipinski definition) is 7. The van der Waals surface area contributed by atoms with Gasteiger partial charge in [-0.2, -0.15) is 9.50 Å².